The number of aromatic nitrogens is 1. The van der Waals surface area contributed by atoms with E-state index in [1.54, 1.807) is 12.1 Å². The summed E-state index contributed by atoms with van der Waals surface area (Å²) in [5.74, 6) is 0.419. The van der Waals surface area contributed by atoms with Gasteiger partial charge in [-0.1, -0.05) is 17.3 Å². The molecule has 2 aromatic rings. The average Bonchev–Trinajstić information content (AvgIpc) is 2.75. The molecule has 19 heavy (non-hydrogen) atoms. The average molecular weight is 260 g/mol. The summed E-state index contributed by atoms with van der Waals surface area (Å²) in [7, 11) is 1.37. The number of methoxy groups -OCH3 is 1. The van der Waals surface area contributed by atoms with Crippen molar-refractivity contribution < 1.29 is 14.1 Å². The lowest BCUT2D eigenvalue weighted by Gasteiger charge is -2.10. The van der Waals surface area contributed by atoms with Crippen LogP contribution in [0.15, 0.2) is 28.8 Å². The van der Waals surface area contributed by atoms with Crippen molar-refractivity contribution in [3.63, 3.8) is 0 Å². The third kappa shape index (κ3) is 2.76. The first kappa shape index (κ1) is 13.1. The monoisotopic (exact) mass is 260 g/mol. The van der Waals surface area contributed by atoms with E-state index < -0.39 is 0 Å². The Hall–Kier alpha value is -2.30. The topological polar surface area (TPSA) is 64.4 Å². The van der Waals surface area contributed by atoms with E-state index in [1.807, 2.05) is 26.0 Å². The summed E-state index contributed by atoms with van der Waals surface area (Å²) in [6.45, 7) is 4.30. The number of hydrogen-bond donors (Lipinski definition) is 1. The number of rotatable bonds is 4. The highest BCUT2D eigenvalue weighted by Gasteiger charge is 2.13. The maximum Gasteiger partial charge on any atom is 0.339 e. The van der Waals surface area contributed by atoms with Crippen LogP contribution in [0, 0.1) is 13.8 Å². The van der Waals surface area contributed by atoms with Crippen LogP contribution in [0.3, 0.4) is 0 Å². The standard InChI is InChI=1S/C14H16N2O3/c1-9-12(10(2)19-16-9)8-15-13-7-5-4-6-11(13)14(17)18-3/h4-7,15H,8H2,1-3H3. The Bertz CT molecular complexity index is 571. The van der Waals surface area contributed by atoms with Gasteiger partial charge in [-0.2, -0.15) is 0 Å². The van der Waals surface area contributed by atoms with Gasteiger partial charge in [-0.25, -0.2) is 4.79 Å². The van der Waals surface area contributed by atoms with Crippen molar-refractivity contribution in [1.82, 2.24) is 5.16 Å². The second kappa shape index (κ2) is 5.56. The molecule has 1 aromatic heterocycles. The summed E-state index contributed by atoms with van der Waals surface area (Å²) in [4.78, 5) is 11.6. The number of nitrogens with one attached hydrogen (secondary N) is 1. The highest BCUT2D eigenvalue weighted by molar-refractivity contribution is 5.95. The van der Waals surface area contributed by atoms with Crippen LogP contribution < -0.4 is 5.32 Å². The maximum absolute atomic E-state index is 11.6. The molecule has 0 bridgehead atoms. The highest BCUT2D eigenvalue weighted by atomic mass is 16.5. The Morgan fingerprint density at radius 2 is 2.11 bits per heavy atom. The molecule has 0 fully saturated rings. The Morgan fingerprint density at radius 1 is 1.37 bits per heavy atom. The lowest BCUT2D eigenvalue weighted by atomic mass is 10.1. The van der Waals surface area contributed by atoms with E-state index >= 15 is 0 Å². The van der Waals surface area contributed by atoms with Gasteiger partial charge in [-0.3, -0.25) is 0 Å². The Balaban J connectivity index is 2.18. The van der Waals surface area contributed by atoms with Crippen LogP contribution in [0.2, 0.25) is 0 Å². The Morgan fingerprint density at radius 3 is 2.74 bits per heavy atom. The molecular weight excluding hydrogens is 244 g/mol. The van der Waals surface area contributed by atoms with E-state index in [9.17, 15) is 4.79 Å². The molecule has 0 saturated heterocycles. The van der Waals surface area contributed by atoms with Crippen LogP contribution >= 0.6 is 0 Å². The molecular formula is C14H16N2O3. The van der Waals surface area contributed by atoms with Gasteiger partial charge in [0.2, 0.25) is 0 Å². The summed E-state index contributed by atoms with van der Waals surface area (Å²) in [5.41, 5.74) is 3.09. The van der Waals surface area contributed by atoms with Crippen molar-refractivity contribution in [3.05, 3.63) is 46.8 Å². The fourth-order valence-electron chi connectivity index (χ4n) is 1.86. The normalized spacial score (nSPS) is 10.3. The first-order valence-corrected chi connectivity index (χ1v) is 5.96. The summed E-state index contributed by atoms with van der Waals surface area (Å²) < 4.78 is 9.85. The van der Waals surface area contributed by atoms with E-state index in [1.165, 1.54) is 7.11 Å². The minimum atomic E-state index is -0.359. The third-order valence-corrected chi connectivity index (χ3v) is 2.97. The van der Waals surface area contributed by atoms with Gasteiger partial charge < -0.3 is 14.6 Å². The van der Waals surface area contributed by atoms with Crippen molar-refractivity contribution in [3.8, 4) is 0 Å². The number of benzene rings is 1. The van der Waals surface area contributed by atoms with Crippen LogP contribution in [-0.2, 0) is 11.3 Å². The van der Waals surface area contributed by atoms with E-state index in [0.29, 0.717) is 12.1 Å². The zero-order chi connectivity index (χ0) is 13.8. The minimum Gasteiger partial charge on any atom is -0.465 e. The van der Waals surface area contributed by atoms with Gasteiger partial charge in [0.05, 0.1) is 18.4 Å². The highest BCUT2D eigenvalue weighted by Crippen LogP contribution is 2.19. The van der Waals surface area contributed by atoms with Crippen molar-refractivity contribution in [2.75, 3.05) is 12.4 Å². The minimum absolute atomic E-state index is 0.359. The van der Waals surface area contributed by atoms with Crippen molar-refractivity contribution >= 4 is 11.7 Å². The van der Waals surface area contributed by atoms with Gasteiger partial charge in [-0.05, 0) is 26.0 Å². The lowest BCUT2D eigenvalue weighted by molar-refractivity contribution is 0.0602. The van der Waals surface area contributed by atoms with Crippen LogP contribution in [0.5, 0.6) is 0 Å². The van der Waals surface area contributed by atoms with Gasteiger partial charge in [0.1, 0.15) is 5.76 Å². The smallest absolute Gasteiger partial charge is 0.339 e. The molecule has 0 amide bonds. The fourth-order valence-corrected chi connectivity index (χ4v) is 1.86. The number of anilines is 1. The third-order valence-electron chi connectivity index (χ3n) is 2.97. The molecule has 0 aliphatic rings. The largest absolute Gasteiger partial charge is 0.465 e. The van der Waals surface area contributed by atoms with Crippen molar-refractivity contribution in [2.24, 2.45) is 0 Å². The second-order valence-electron chi connectivity index (χ2n) is 4.19. The SMILES string of the molecule is COC(=O)c1ccccc1NCc1c(C)noc1C. The number of ether oxygens (including phenoxy) is 1. The zero-order valence-corrected chi connectivity index (χ0v) is 11.2. The van der Waals surface area contributed by atoms with Crippen LogP contribution in [0.25, 0.3) is 0 Å². The number of carbonyl (C=O) groups excluding carboxylic acids is 1. The maximum atomic E-state index is 11.6. The lowest BCUT2D eigenvalue weighted by Crippen LogP contribution is -2.08. The van der Waals surface area contributed by atoms with Gasteiger partial charge >= 0.3 is 5.97 Å². The number of aryl methyl sites for hydroxylation is 2. The molecule has 1 N–H and O–H groups in total. The molecule has 1 aromatic carbocycles. The molecule has 2 rings (SSSR count). The first-order chi connectivity index (χ1) is 9.13. The summed E-state index contributed by atoms with van der Waals surface area (Å²) >= 11 is 0. The van der Waals surface area contributed by atoms with Gasteiger partial charge in [0.15, 0.2) is 0 Å². The molecule has 0 radical (unpaired) electrons. The fraction of sp³-hybridized carbons (Fsp3) is 0.286. The number of hydrogen-bond acceptors (Lipinski definition) is 5. The Kier molecular flexibility index (Phi) is 3.85. The predicted molar refractivity (Wildman–Crippen MR) is 71.1 cm³/mol. The molecule has 1 heterocycles. The molecule has 5 heteroatoms. The van der Waals surface area contributed by atoms with Gasteiger partial charge in [0.25, 0.3) is 0 Å². The number of para-hydroxylation sites is 1. The molecule has 0 saturated carbocycles. The molecule has 0 spiro atoms. The molecule has 5 nitrogen and oxygen atoms in total. The van der Waals surface area contributed by atoms with Gasteiger partial charge in [-0.15, -0.1) is 0 Å². The van der Waals surface area contributed by atoms with E-state index in [0.717, 1.165) is 22.7 Å². The summed E-state index contributed by atoms with van der Waals surface area (Å²) in [5, 5.41) is 7.11. The van der Waals surface area contributed by atoms with Crippen molar-refractivity contribution in [2.45, 2.75) is 20.4 Å². The van der Waals surface area contributed by atoms with Crippen molar-refractivity contribution in [1.29, 1.82) is 0 Å². The quantitative estimate of drug-likeness (QED) is 0.856. The molecule has 0 aliphatic carbocycles. The zero-order valence-electron chi connectivity index (χ0n) is 11.2. The molecule has 100 valence electrons. The van der Waals surface area contributed by atoms with E-state index in [-0.39, 0.29) is 5.97 Å². The van der Waals surface area contributed by atoms with Gasteiger partial charge in [0, 0.05) is 17.8 Å². The number of carbonyl (C=O) groups is 1. The number of esters is 1. The Labute approximate surface area is 111 Å². The molecule has 0 atom stereocenters. The molecule has 0 aliphatic heterocycles. The number of nitrogens with zero attached hydrogens (tertiary/aromatic N) is 1. The van der Waals surface area contributed by atoms with Crippen LogP contribution in [0.1, 0.15) is 27.4 Å². The summed E-state index contributed by atoms with van der Waals surface area (Å²) in [6, 6.07) is 7.22. The first-order valence-electron chi connectivity index (χ1n) is 5.96. The second-order valence-corrected chi connectivity index (χ2v) is 4.19. The summed E-state index contributed by atoms with van der Waals surface area (Å²) in [6.07, 6.45) is 0. The van der Waals surface area contributed by atoms with Crippen LogP contribution in [-0.4, -0.2) is 18.2 Å². The van der Waals surface area contributed by atoms with E-state index in [4.69, 9.17) is 9.26 Å². The molecule has 0 unspecified atom stereocenters. The predicted octanol–water partition coefficient (Wildman–Crippen LogP) is 2.69. The van der Waals surface area contributed by atoms with Crippen LogP contribution in [0.4, 0.5) is 5.69 Å². The van der Waals surface area contributed by atoms with E-state index in [2.05, 4.69) is 10.5 Å².